The summed E-state index contributed by atoms with van der Waals surface area (Å²) in [4.78, 5) is 6.69. The van der Waals surface area contributed by atoms with Gasteiger partial charge in [0.2, 0.25) is 5.88 Å². The molecular weight excluding hydrogens is 280 g/mol. The van der Waals surface area contributed by atoms with Crippen LogP contribution in [-0.4, -0.2) is 54.0 Å². The van der Waals surface area contributed by atoms with Crippen LogP contribution in [-0.2, 0) is 11.3 Å². The Bertz CT molecular complexity index is 452. The maximum Gasteiger partial charge on any atom is 0.213 e. The van der Waals surface area contributed by atoms with Crippen LogP contribution in [0.15, 0.2) is 18.3 Å². The molecule has 0 radical (unpaired) electrons. The van der Waals surface area contributed by atoms with Crippen LogP contribution in [0.1, 0.15) is 32.3 Å². The summed E-state index contributed by atoms with van der Waals surface area (Å²) in [5.41, 5.74) is 0.585. The highest BCUT2D eigenvalue weighted by Crippen LogP contribution is 2.31. The van der Waals surface area contributed by atoms with E-state index in [2.05, 4.69) is 22.9 Å². The second kappa shape index (κ2) is 7.90. The molecule has 1 aromatic rings. The fraction of sp³-hybridized carbons (Fsp3) is 0.706. The van der Waals surface area contributed by atoms with Crippen LogP contribution >= 0.6 is 0 Å². The highest BCUT2D eigenvalue weighted by atomic mass is 16.5. The quantitative estimate of drug-likeness (QED) is 0.836. The van der Waals surface area contributed by atoms with Crippen molar-refractivity contribution in [2.45, 2.75) is 38.8 Å². The van der Waals surface area contributed by atoms with Gasteiger partial charge in [0.05, 0.1) is 12.2 Å². The number of ether oxygens (including phenoxy) is 2. The van der Waals surface area contributed by atoms with Gasteiger partial charge in [0.1, 0.15) is 0 Å². The SMILES string of the molecule is CCOc1ccc(CN2CCC(O)(CCOC)C(C)C2)cn1. The van der Waals surface area contributed by atoms with Crippen molar-refractivity contribution in [2.75, 3.05) is 33.4 Å². The molecule has 1 fully saturated rings. The van der Waals surface area contributed by atoms with Crippen LogP contribution in [0, 0.1) is 5.92 Å². The number of aromatic nitrogens is 1. The molecule has 5 nitrogen and oxygen atoms in total. The van der Waals surface area contributed by atoms with Crippen molar-refractivity contribution in [1.82, 2.24) is 9.88 Å². The number of likely N-dealkylation sites (tertiary alicyclic amines) is 1. The van der Waals surface area contributed by atoms with E-state index >= 15 is 0 Å². The second-order valence-electron chi connectivity index (χ2n) is 6.17. The Morgan fingerprint density at radius 3 is 2.86 bits per heavy atom. The lowest BCUT2D eigenvalue weighted by molar-refractivity contribution is -0.0827. The summed E-state index contributed by atoms with van der Waals surface area (Å²) < 4.78 is 10.5. The van der Waals surface area contributed by atoms with E-state index in [0.717, 1.165) is 26.1 Å². The number of aliphatic hydroxyl groups is 1. The van der Waals surface area contributed by atoms with Crippen LogP contribution in [0.4, 0.5) is 0 Å². The molecule has 1 N–H and O–H groups in total. The van der Waals surface area contributed by atoms with Gasteiger partial charge in [-0.1, -0.05) is 13.0 Å². The third kappa shape index (κ3) is 4.41. The minimum absolute atomic E-state index is 0.243. The average Bonchev–Trinajstić information content (AvgIpc) is 2.52. The number of pyridine rings is 1. The molecule has 22 heavy (non-hydrogen) atoms. The van der Waals surface area contributed by atoms with Crippen molar-refractivity contribution in [3.05, 3.63) is 23.9 Å². The number of rotatable bonds is 7. The van der Waals surface area contributed by atoms with Crippen molar-refractivity contribution < 1.29 is 14.6 Å². The molecule has 2 atom stereocenters. The Balaban J connectivity index is 1.87. The van der Waals surface area contributed by atoms with Crippen LogP contribution in [0.2, 0.25) is 0 Å². The standard InChI is InChI=1S/C17H28N2O3/c1-4-22-16-6-5-15(11-18-16)13-19-9-7-17(20,8-10-21-3)14(2)12-19/h5-6,11,14,20H,4,7-10,12-13H2,1-3H3. The maximum atomic E-state index is 10.7. The molecule has 124 valence electrons. The summed E-state index contributed by atoms with van der Waals surface area (Å²) in [5.74, 6) is 0.916. The zero-order chi connectivity index (χ0) is 16.0. The van der Waals surface area contributed by atoms with E-state index in [1.807, 2.05) is 19.2 Å². The molecule has 0 aromatic carbocycles. The normalized spacial score (nSPS) is 26.1. The van der Waals surface area contributed by atoms with Gasteiger partial charge < -0.3 is 14.6 Å². The first-order valence-electron chi connectivity index (χ1n) is 8.09. The molecule has 2 unspecified atom stereocenters. The number of methoxy groups -OCH3 is 1. The van der Waals surface area contributed by atoms with Crippen molar-refractivity contribution in [2.24, 2.45) is 5.92 Å². The van der Waals surface area contributed by atoms with Gasteiger partial charge in [-0.2, -0.15) is 0 Å². The molecule has 1 aromatic heterocycles. The summed E-state index contributed by atoms with van der Waals surface area (Å²) in [5, 5.41) is 10.7. The number of piperidine rings is 1. The molecular formula is C17H28N2O3. The van der Waals surface area contributed by atoms with Crippen LogP contribution < -0.4 is 4.74 Å². The molecule has 1 saturated heterocycles. The predicted octanol–water partition coefficient (Wildman–Crippen LogP) is 2.09. The topological polar surface area (TPSA) is 54.8 Å². The van der Waals surface area contributed by atoms with E-state index in [9.17, 15) is 5.11 Å². The summed E-state index contributed by atoms with van der Waals surface area (Å²) in [6.07, 6.45) is 3.38. The molecule has 2 rings (SSSR count). The van der Waals surface area contributed by atoms with E-state index in [4.69, 9.17) is 9.47 Å². The number of hydrogen-bond acceptors (Lipinski definition) is 5. The fourth-order valence-electron chi connectivity index (χ4n) is 3.04. The largest absolute Gasteiger partial charge is 0.478 e. The van der Waals surface area contributed by atoms with Crippen molar-refractivity contribution in [3.8, 4) is 5.88 Å². The number of nitrogens with zero attached hydrogens (tertiary/aromatic N) is 2. The highest BCUT2D eigenvalue weighted by Gasteiger charge is 2.38. The van der Waals surface area contributed by atoms with Crippen LogP contribution in [0.3, 0.4) is 0 Å². The van der Waals surface area contributed by atoms with Gasteiger partial charge in [-0.05, 0) is 31.2 Å². The molecule has 1 aliphatic rings. The van der Waals surface area contributed by atoms with E-state index in [1.54, 1.807) is 7.11 Å². The first kappa shape index (κ1) is 17.2. The maximum absolute atomic E-state index is 10.7. The Morgan fingerprint density at radius 2 is 2.27 bits per heavy atom. The van der Waals surface area contributed by atoms with E-state index in [1.165, 1.54) is 5.56 Å². The highest BCUT2D eigenvalue weighted by molar-refractivity contribution is 5.18. The summed E-state index contributed by atoms with van der Waals surface area (Å²) in [7, 11) is 1.68. The lowest BCUT2D eigenvalue weighted by Crippen LogP contribution is -2.51. The molecule has 0 saturated carbocycles. The predicted molar refractivity (Wildman–Crippen MR) is 85.9 cm³/mol. The molecule has 0 bridgehead atoms. The fourth-order valence-corrected chi connectivity index (χ4v) is 3.04. The van der Waals surface area contributed by atoms with Gasteiger partial charge >= 0.3 is 0 Å². The Hall–Kier alpha value is -1.17. The third-order valence-corrected chi connectivity index (χ3v) is 4.55. The van der Waals surface area contributed by atoms with Crippen molar-refractivity contribution in [1.29, 1.82) is 0 Å². The van der Waals surface area contributed by atoms with Gasteiger partial charge in [0.15, 0.2) is 0 Å². The first-order valence-corrected chi connectivity index (χ1v) is 8.09. The minimum Gasteiger partial charge on any atom is -0.478 e. The van der Waals surface area contributed by atoms with Crippen molar-refractivity contribution in [3.63, 3.8) is 0 Å². The van der Waals surface area contributed by atoms with Crippen LogP contribution in [0.25, 0.3) is 0 Å². The first-order chi connectivity index (χ1) is 10.6. The smallest absolute Gasteiger partial charge is 0.213 e. The summed E-state index contributed by atoms with van der Waals surface area (Å²) in [6.45, 7) is 7.99. The van der Waals surface area contributed by atoms with Crippen molar-refractivity contribution >= 4 is 0 Å². The van der Waals surface area contributed by atoms with E-state index in [-0.39, 0.29) is 5.92 Å². The third-order valence-electron chi connectivity index (χ3n) is 4.55. The average molecular weight is 308 g/mol. The lowest BCUT2D eigenvalue weighted by atomic mass is 9.80. The summed E-state index contributed by atoms with van der Waals surface area (Å²) >= 11 is 0. The van der Waals surface area contributed by atoms with Crippen LogP contribution in [0.5, 0.6) is 5.88 Å². The summed E-state index contributed by atoms with van der Waals surface area (Å²) in [6, 6.07) is 3.98. The molecule has 0 amide bonds. The van der Waals surface area contributed by atoms with Gasteiger partial charge in [0, 0.05) is 45.6 Å². The second-order valence-corrected chi connectivity index (χ2v) is 6.17. The zero-order valence-corrected chi connectivity index (χ0v) is 13.9. The van der Waals surface area contributed by atoms with Gasteiger partial charge in [0.25, 0.3) is 0 Å². The molecule has 0 aliphatic carbocycles. The number of hydrogen-bond donors (Lipinski definition) is 1. The Morgan fingerprint density at radius 1 is 1.45 bits per heavy atom. The lowest BCUT2D eigenvalue weighted by Gasteiger charge is -2.43. The van der Waals surface area contributed by atoms with Gasteiger partial charge in [-0.15, -0.1) is 0 Å². The minimum atomic E-state index is -0.594. The molecule has 2 heterocycles. The van der Waals surface area contributed by atoms with E-state index < -0.39 is 5.60 Å². The van der Waals surface area contributed by atoms with Gasteiger partial charge in [-0.25, -0.2) is 4.98 Å². The Labute approximate surface area is 133 Å². The Kier molecular flexibility index (Phi) is 6.17. The molecule has 0 spiro atoms. The monoisotopic (exact) mass is 308 g/mol. The molecule has 5 heteroatoms. The van der Waals surface area contributed by atoms with Gasteiger partial charge in [-0.3, -0.25) is 4.90 Å². The zero-order valence-electron chi connectivity index (χ0n) is 13.9. The molecule has 1 aliphatic heterocycles. The van der Waals surface area contributed by atoms with E-state index in [0.29, 0.717) is 25.5 Å².